The zero-order valence-electron chi connectivity index (χ0n) is 13.5. The summed E-state index contributed by atoms with van der Waals surface area (Å²) in [5.74, 6) is 1.03. The number of rotatable bonds is 4. The normalized spacial score (nSPS) is 12.5. The summed E-state index contributed by atoms with van der Waals surface area (Å²) in [6, 6.07) is 13.6. The summed E-state index contributed by atoms with van der Waals surface area (Å²) in [6.07, 6.45) is 1.44. The highest BCUT2D eigenvalue weighted by Gasteiger charge is 2.16. The summed E-state index contributed by atoms with van der Waals surface area (Å²) in [4.78, 5) is 12.1. The molecule has 1 aliphatic rings. The van der Waals surface area contributed by atoms with Gasteiger partial charge in [-0.25, -0.2) is 5.43 Å². The fraction of sp³-hybridized carbons (Fsp3) is 0.0556. The van der Waals surface area contributed by atoms with Gasteiger partial charge in [0, 0.05) is 5.56 Å². The third-order valence-electron chi connectivity index (χ3n) is 3.74. The number of hydrogen-bond acceptors (Lipinski definition) is 6. The van der Waals surface area contributed by atoms with Gasteiger partial charge in [0.05, 0.1) is 11.9 Å². The highest BCUT2D eigenvalue weighted by atomic mass is 16.7. The molecule has 2 heterocycles. The van der Waals surface area contributed by atoms with Crippen molar-refractivity contribution in [3.63, 3.8) is 0 Å². The van der Waals surface area contributed by atoms with E-state index >= 15 is 0 Å². The zero-order valence-corrected chi connectivity index (χ0v) is 13.5. The number of benzene rings is 2. The number of carbonyl (C=O) groups excluding carboxylic acids is 1. The van der Waals surface area contributed by atoms with Gasteiger partial charge in [0.1, 0.15) is 11.4 Å². The molecule has 0 aliphatic carbocycles. The summed E-state index contributed by atoms with van der Waals surface area (Å²) in [6.45, 7) is 0.199. The van der Waals surface area contributed by atoms with Crippen molar-refractivity contribution in [1.82, 2.24) is 15.6 Å². The molecule has 4 rings (SSSR count). The Morgan fingerprint density at radius 1 is 1.19 bits per heavy atom. The van der Waals surface area contributed by atoms with Crippen LogP contribution in [0.2, 0.25) is 0 Å². The van der Waals surface area contributed by atoms with Crippen molar-refractivity contribution in [3.05, 3.63) is 59.8 Å². The van der Waals surface area contributed by atoms with Crippen molar-refractivity contribution in [2.45, 2.75) is 0 Å². The summed E-state index contributed by atoms with van der Waals surface area (Å²) < 4.78 is 10.6. The SMILES string of the molecule is O=C(N/N=C\c1cccc(O)c1)c1cc(-c2ccc3c(c2)OCO3)n[nH]1. The average Bonchev–Trinajstić information content (AvgIpc) is 3.30. The van der Waals surface area contributed by atoms with Crippen LogP contribution in [0.1, 0.15) is 16.1 Å². The molecular weight excluding hydrogens is 336 g/mol. The first kappa shape index (κ1) is 15.7. The molecule has 0 bridgehead atoms. The van der Waals surface area contributed by atoms with E-state index in [1.165, 1.54) is 12.3 Å². The van der Waals surface area contributed by atoms with E-state index < -0.39 is 5.91 Å². The molecule has 0 atom stereocenters. The van der Waals surface area contributed by atoms with Crippen molar-refractivity contribution in [1.29, 1.82) is 0 Å². The van der Waals surface area contributed by atoms with Crippen molar-refractivity contribution in [3.8, 4) is 28.5 Å². The van der Waals surface area contributed by atoms with Crippen LogP contribution < -0.4 is 14.9 Å². The first-order chi connectivity index (χ1) is 12.7. The molecule has 3 N–H and O–H groups in total. The second-order valence-corrected chi connectivity index (χ2v) is 5.53. The van der Waals surface area contributed by atoms with Crippen LogP contribution in [0.25, 0.3) is 11.3 Å². The lowest BCUT2D eigenvalue weighted by atomic mass is 10.1. The molecule has 130 valence electrons. The molecule has 1 amide bonds. The van der Waals surface area contributed by atoms with Gasteiger partial charge in [0.15, 0.2) is 11.5 Å². The number of nitrogens with one attached hydrogen (secondary N) is 2. The highest BCUT2D eigenvalue weighted by Crippen LogP contribution is 2.35. The lowest BCUT2D eigenvalue weighted by molar-refractivity contribution is 0.0950. The molecule has 0 saturated carbocycles. The molecule has 0 unspecified atom stereocenters. The monoisotopic (exact) mass is 350 g/mol. The molecule has 8 nitrogen and oxygen atoms in total. The van der Waals surface area contributed by atoms with E-state index in [9.17, 15) is 9.90 Å². The Labute approximate surface area is 148 Å². The van der Waals surface area contributed by atoms with Crippen LogP contribution in [0.3, 0.4) is 0 Å². The molecule has 1 aliphatic heterocycles. The summed E-state index contributed by atoms with van der Waals surface area (Å²) >= 11 is 0. The predicted molar refractivity (Wildman–Crippen MR) is 93.3 cm³/mol. The number of ether oxygens (including phenoxy) is 2. The molecule has 3 aromatic rings. The number of aromatic amines is 1. The molecule has 0 saturated heterocycles. The Bertz CT molecular complexity index is 996. The van der Waals surface area contributed by atoms with E-state index in [1.54, 1.807) is 36.4 Å². The van der Waals surface area contributed by atoms with Crippen molar-refractivity contribution in [2.75, 3.05) is 6.79 Å². The van der Waals surface area contributed by atoms with E-state index in [-0.39, 0.29) is 18.2 Å². The van der Waals surface area contributed by atoms with E-state index in [1.807, 2.05) is 6.07 Å². The molecule has 26 heavy (non-hydrogen) atoms. The first-order valence-electron chi connectivity index (χ1n) is 7.77. The van der Waals surface area contributed by atoms with Crippen LogP contribution in [0.4, 0.5) is 0 Å². The number of phenolic OH excluding ortho intramolecular Hbond substituents is 1. The molecule has 0 radical (unpaired) electrons. The summed E-state index contributed by atoms with van der Waals surface area (Å²) in [7, 11) is 0. The quantitative estimate of drug-likeness (QED) is 0.494. The zero-order chi connectivity index (χ0) is 17.9. The van der Waals surface area contributed by atoms with Gasteiger partial charge in [0.2, 0.25) is 6.79 Å². The van der Waals surface area contributed by atoms with Crippen LogP contribution >= 0.6 is 0 Å². The minimum atomic E-state index is -0.430. The van der Waals surface area contributed by atoms with Crippen molar-refractivity contribution in [2.24, 2.45) is 5.10 Å². The Morgan fingerprint density at radius 3 is 2.96 bits per heavy atom. The highest BCUT2D eigenvalue weighted by molar-refractivity contribution is 5.94. The number of H-pyrrole nitrogens is 1. The summed E-state index contributed by atoms with van der Waals surface area (Å²) in [5.41, 5.74) is 4.74. The Morgan fingerprint density at radius 2 is 2.08 bits per heavy atom. The van der Waals surface area contributed by atoms with Crippen molar-refractivity contribution >= 4 is 12.1 Å². The Balaban J connectivity index is 1.45. The molecule has 0 fully saturated rings. The largest absolute Gasteiger partial charge is 0.508 e. The fourth-order valence-electron chi connectivity index (χ4n) is 2.47. The van der Waals surface area contributed by atoms with Crippen LogP contribution in [-0.4, -0.2) is 34.2 Å². The second kappa shape index (κ2) is 6.60. The molecular formula is C18H14N4O4. The molecule has 0 spiro atoms. The van der Waals surface area contributed by atoms with Gasteiger partial charge in [-0.2, -0.15) is 10.2 Å². The van der Waals surface area contributed by atoms with Gasteiger partial charge in [-0.3, -0.25) is 9.89 Å². The third kappa shape index (κ3) is 3.20. The van der Waals surface area contributed by atoms with Crippen molar-refractivity contribution < 1.29 is 19.4 Å². The fourth-order valence-corrected chi connectivity index (χ4v) is 2.47. The lowest BCUT2D eigenvalue weighted by Gasteiger charge is -1.99. The number of hydrogen-bond donors (Lipinski definition) is 3. The van der Waals surface area contributed by atoms with E-state index in [4.69, 9.17) is 9.47 Å². The van der Waals surface area contributed by atoms with E-state index in [0.29, 0.717) is 22.8 Å². The second-order valence-electron chi connectivity index (χ2n) is 5.53. The Hall–Kier alpha value is -3.81. The number of amides is 1. The number of aromatic nitrogens is 2. The molecule has 2 aromatic carbocycles. The van der Waals surface area contributed by atoms with E-state index in [2.05, 4.69) is 20.7 Å². The van der Waals surface area contributed by atoms with Gasteiger partial charge in [-0.15, -0.1) is 0 Å². The van der Waals surface area contributed by atoms with Gasteiger partial charge in [-0.05, 0) is 42.0 Å². The van der Waals surface area contributed by atoms with Crippen LogP contribution in [0, 0.1) is 0 Å². The molecule has 8 heteroatoms. The average molecular weight is 350 g/mol. The smallest absolute Gasteiger partial charge is 0.289 e. The van der Waals surface area contributed by atoms with Crippen LogP contribution in [-0.2, 0) is 0 Å². The first-order valence-corrected chi connectivity index (χ1v) is 7.77. The standard InChI is InChI=1S/C18H14N4O4/c23-13-3-1-2-11(6-13)9-19-22-18(24)15-8-14(20-21-15)12-4-5-16-17(7-12)26-10-25-16/h1-9,23H,10H2,(H,20,21)(H,22,24)/b19-9-. The Kier molecular flexibility index (Phi) is 3.98. The predicted octanol–water partition coefficient (Wildman–Crippen LogP) is 2.27. The van der Waals surface area contributed by atoms with Gasteiger partial charge < -0.3 is 14.6 Å². The van der Waals surface area contributed by atoms with Gasteiger partial charge >= 0.3 is 0 Å². The van der Waals surface area contributed by atoms with Gasteiger partial charge in [-0.1, -0.05) is 12.1 Å². The summed E-state index contributed by atoms with van der Waals surface area (Å²) in [5, 5.41) is 20.1. The number of phenols is 1. The van der Waals surface area contributed by atoms with Crippen LogP contribution in [0.15, 0.2) is 53.6 Å². The maximum absolute atomic E-state index is 12.1. The number of nitrogens with zero attached hydrogens (tertiary/aromatic N) is 2. The topological polar surface area (TPSA) is 109 Å². The minimum absolute atomic E-state index is 0.127. The third-order valence-corrected chi connectivity index (χ3v) is 3.74. The van der Waals surface area contributed by atoms with Gasteiger partial charge in [0.25, 0.3) is 5.91 Å². The number of aromatic hydroxyl groups is 1. The van der Waals surface area contributed by atoms with E-state index in [0.717, 1.165) is 5.56 Å². The molecule has 1 aromatic heterocycles. The lowest BCUT2D eigenvalue weighted by Crippen LogP contribution is -2.17. The number of carbonyl (C=O) groups is 1. The maximum Gasteiger partial charge on any atom is 0.289 e. The number of fused-ring (bicyclic) bond motifs is 1. The minimum Gasteiger partial charge on any atom is -0.508 e. The van der Waals surface area contributed by atoms with Crippen LogP contribution in [0.5, 0.6) is 17.2 Å². The number of hydrazone groups is 1. The maximum atomic E-state index is 12.1.